The summed E-state index contributed by atoms with van der Waals surface area (Å²) in [6.07, 6.45) is 0.942. The summed E-state index contributed by atoms with van der Waals surface area (Å²) in [7, 11) is 0. The van der Waals surface area contributed by atoms with Gasteiger partial charge in [0.25, 0.3) is 0 Å². The zero-order valence-electron chi connectivity index (χ0n) is 12.6. The SMILES string of the molecule is Cc1cccc(C(C)(C)C)c1OCCCNCCO. The van der Waals surface area contributed by atoms with Crippen LogP contribution >= 0.6 is 0 Å². The Morgan fingerprint density at radius 2 is 1.95 bits per heavy atom. The Hall–Kier alpha value is -1.06. The first-order chi connectivity index (χ1) is 8.96. The first kappa shape index (κ1) is 16.0. The van der Waals surface area contributed by atoms with Gasteiger partial charge in [0.1, 0.15) is 5.75 Å². The molecule has 0 aromatic heterocycles. The minimum Gasteiger partial charge on any atom is -0.493 e. The quantitative estimate of drug-likeness (QED) is 0.745. The molecule has 0 spiro atoms. The maximum absolute atomic E-state index is 8.67. The minimum atomic E-state index is 0.0937. The van der Waals surface area contributed by atoms with Crippen LogP contribution < -0.4 is 10.1 Å². The highest BCUT2D eigenvalue weighted by atomic mass is 16.5. The molecular weight excluding hydrogens is 238 g/mol. The standard InChI is InChI=1S/C16H27NO2/c1-13-7-5-8-14(16(2,3)4)15(13)19-12-6-9-17-10-11-18/h5,7-8,17-18H,6,9-12H2,1-4H3. The highest BCUT2D eigenvalue weighted by molar-refractivity contribution is 5.44. The predicted octanol–water partition coefficient (Wildman–Crippen LogP) is 2.64. The fraction of sp³-hybridized carbons (Fsp3) is 0.625. The van der Waals surface area contributed by atoms with E-state index < -0.39 is 0 Å². The van der Waals surface area contributed by atoms with E-state index in [0.717, 1.165) is 18.7 Å². The Labute approximate surface area is 117 Å². The normalized spacial score (nSPS) is 11.6. The molecule has 0 radical (unpaired) electrons. The van der Waals surface area contributed by atoms with Crippen molar-refractivity contribution in [3.63, 3.8) is 0 Å². The number of rotatable bonds is 7. The van der Waals surface area contributed by atoms with Gasteiger partial charge in [0.15, 0.2) is 0 Å². The molecular formula is C16H27NO2. The molecule has 1 aromatic rings. The van der Waals surface area contributed by atoms with Crippen LogP contribution in [-0.4, -0.2) is 31.4 Å². The van der Waals surface area contributed by atoms with Crippen molar-refractivity contribution in [3.8, 4) is 5.75 Å². The van der Waals surface area contributed by atoms with Crippen LogP contribution in [-0.2, 0) is 5.41 Å². The van der Waals surface area contributed by atoms with E-state index in [9.17, 15) is 0 Å². The Kier molecular flexibility index (Phi) is 6.32. The molecule has 3 heteroatoms. The van der Waals surface area contributed by atoms with Gasteiger partial charge in [0.05, 0.1) is 13.2 Å². The van der Waals surface area contributed by atoms with Crippen LogP contribution in [0.3, 0.4) is 0 Å². The second-order valence-corrected chi connectivity index (χ2v) is 5.88. The highest BCUT2D eigenvalue weighted by Crippen LogP contribution is 2.33. The number of ether oxygens (including phenoxy) is 1. The van der Waals surface area contributed by atoms with Gasteiger partial charge in [-0.1, -0.05) is 39.0 Å². The van der Waals surface area contributed by atoms with Crippen LogP contribution in [0.5, 0.6) is 5.75 Å². The molecule has 0 amide bonds. The third-order valence-electron chi connectivity index (χ3n) is 3.05. The van der Waals surface area contributed by atoms with Crippen LogP contribution in [0.2, 0.25) is 0 Å². The molecule has 0 aliphatic carbocycles. The van der Waals surface area contributed by atoms with Gasteiger partial charge in [-0.15, -0.1) is 0 Å². The van der Waals surface area contributed by atoms with Gasteiger partial charge in [-0.3, -0.25) is 0 Å². The molecule has 0 bridgehead atoms. The predicted molar refractivity (Wildman–Crippen MR) is 79.9 cm³/mol. The molecule has 0 aliphatic rings. The topological polar surface area (TPSA) is 41.5 Å². The lowest BCUT2D eigenvalue weighted by Gasteiger charge is -2.24. The van der Waals surface area contributed by atoms with Crippen LogP contribution in [0.4, 0.5) is 0 Å². The van der Waals surface area contributed by atoms with E-state index >= 15 is 0 Å². The average molecular weight is 265 g/mol. The van der Waals surface area contributed by atoms with Crippen molar-refractivity contribution >= 4 is 0 Å². The molecule has 1 aromatic carbocycles. The molecule has 0 fully saturated rings. The Morgan fingerprint density at radius 3 is 2.58 bits per heavy atom. The molecule has 0 atom stereocenters. The Morgan fingerprint density at radius 1 is 1.21 bits per heavy atom. The molecule has 0 saturated heterocycles. The van der Waals surface area contributed by atoms with Gasteiger partial charge in [0.2, 0.25) is 0 Å². The summed E-state index contributed by atoms with van der Waals surface area (Å²) in [5, 5.41) is 11.8. The third-order valence-corrected chi connectivity index (χ3v) is 3.05. The summed E-state index contributed by atoms with van der Waals surface area (Å²) in [5.74, 6) is 1.03. The van der Waals surface area contributed by atoms with Gasteiger partial charge < -0.3 is 15.2 Å². The lowest BCUT2D eigenvalue weighted by atomic mass is 9.85. The Balaban J connectivity index is 2.57. The first-order valence-corrected chi connectivity index (χ1v) is 7.01. The van der Waals surface area contributed by atoms with E-state index in [1.807, 2.05) is 0 Å². The number of aliphatic hydroxyl groups excluding tert-OH is 1. The molecule has 2 N–H and O–H groups in total. The summed E-state index contributed by atoms with van der Waals surface area (Å²) in [5.41, 5.74) is 2.54. The number of hydrogen-bond acceptors (Lipinski definition) is 3. The largest absolute Gasteiger partial charge is 0.493 e. The first-order valence-electron chi connectivity index (χ1n) is 7.01. The van der Waals surface area contributed by atoms with Crippen molar-refractivity contribution < 1.29 is 9.84 Å². The lowest BCUT2D eigenvalue weighted by molar-refractivity contribution is 0.279. The van der Waals surface area contributed by atoms with Gasteiger partial charge in [0, 0.05) is 6.54 Å². The minimum absolute atomic E-state index is 0.0937. The summed E-state index contributed by atoms with van der Waals surface area (Å²) >= 11 is 0. The van der Waals surface area contributed by atoms with E-state index in [4.69, 9.17) is 9.84 Å². The summed E-state index contributed by atoms with van der Waals surface area (Å²) < 4.78 is 5.97. The molecule has 108 valence electrons. The summed E-state index contributed by atoms with van der Waals surface area (Å²) in [4.78, 5) is 0. The van der Waals surface area contributed by atoms with E-state index in [0.29, 0.717) is 13.2 Å². The fourth-order valence-corrected chi connectivity index (χ4v) is 2.01. The average Bonchev–Trinajstić information content (AvgIpc) is 2.33. The number of hydrogen-bond donors (Lipinski definition) is 2. The number of aliphatic hydroxyl groups is 1. The van der Waals surface area contributed by atoms with Crippen LogP contribution in [0.25, 0.3) is 0 Å². The lowest BCUT2D eigenvalue weighted by Crippen LogP contribution is -2.21. The maximum Gasteiger partial charge on any atom is 0.125 e. The van der Waals surface area contributed by atoms with Gasteiger partial charge in [-0.25, -0.2) is 0 Å². The summed E-state index contributed by atoms with van der Waals surface area (Å²) in [6.45, 7) is 11.1. The van der Waals surface area contributed by atoms with Gasteiger partial charge in [-0.2, -0.15) is 0 Å². The summed E-state index contributed by atoms with van der Waals surface area (Å²) in [6, 6.07) is 6.33. The molecule has 3 nitrogen and oxygen atoms in total. The molecule has 0 aliphatic heterocycles. The van der Waals surface area contributed by atoms with Gasteiger partial charge in [-0.05, 0) is 36.4 Å². The number of para-hydroxylation sites is 1. The second-order valence-electron chi connectivity index (χ2n) is 5.88. The monoisotopic (exact) mass is 265 g/mol. The second kappa shape index (κ2) is 7.51. The third kappa shape index (κ3) is 5.21. The molecule has 0 heterocycles. The number of benzene rings is 1. The van der Waals surface area contributed by atoms with Crippen molar-refractivity contribution in [1.29, 1.82) is 0 Å². The van der Waals surface area contributed by atoms with Crippen LogP contribution in [0.15, 0.2) is 18.2 Å². The molecule has 0 unspecified atom stereocenters. The van der Waals surface area contributed by atoms with Crippen LogP contribution in [0, 0.1) is 6.92 Å². The van der Waals surface area contributed by atoms with Crippen molar-refractivity contribution in [3.05, 3.63) is 29.3 Å². The smallest absolute Gasteiger partial charge is 0.125 e. The zero-order chi connectivity index (χ0) is 14.3. The fourth-order valence-electron chi connectivity index (χ4n) is 2.01. The van der Waals surface area contributed by atoms with E-state index in [2.05, 4.69) is 51.2 Å². The molecule has 19 heavy (non-hydrogen) atoms. The number of aryl methyl sites for hydroxylation is 1. The molecule has 1 rings (SSSR count). The van der Waals surface area contributed by atoms with Crippen molar-refractivity contribution in [2.24, 2.45) is 0 Å². The molecule has 0 saturated carbocycles. The highest BCUT2D eigenvalue weighted by Gasteiger charge is 2.19. The van der Waals surface area contributed by atoms with Crippen LogP contribution in [0.1, 0.15) is 38.3 Å². The van der Waals surface area contributed by atoms with Crippen molar-refractivity contribution in [2.45, 2.75) is 39.5 Å². The van der Waals surface area contributed by atoms with E-state index in [-0.39, 0.29) is 12.0 Å². The van der Waals surface area contributed by atoms with Crippen molar-refractivity contribution in [2.75, 3.05) is 26.3 Å². The zero-order valence-corrected chi connectivity index (χ0v) is 12.6. The van der Waals surface area contributed by atoms with Crippen molar-refractivity contribution in [1.82, 2.24) is 5.32 Å². The van der Waals surface area contributed by atoms with E-state index in [1.165, 1.54) is 11.1 Å². The van der Waals surface area contributed by atoms with E-state index in [1.54, 1.807) is 0 Å². The Bertz CT molecular complexity index is 383. The number of nitrogens with one attached hydrogen (secondary N) is 1. The maximum atomic E-state index is 8.67. The van der Waals surface area contributed by atoms with Gasteiger partial charge >= 0.3 is 0 Å².